The van der Waals surface area contributed by atoms with Crippen molar-refractivity contribution in [1.29, 1.82) is 0 Å². The number of nitrogens with zero attached hydrogens (tertiary/aromatic N) is 1. The summed E-state index contributed by atoms with van der Waals surface area (Å²) in [7, 11) is 1.69. The largest absolute Gasteiger partial charge is 0.341 e. The molecule has 1 rings (SSSR count). The van der Waals surface area contributed by atoms with Crippen LogP contribution in [-0.4, -0.2) is 31.1 Å². The highest BCUT2D eigenvalue weighted by atomic mass is 16.2. The first-order valence-electron chi connectivity index (χ1n) is 4.70. The average Bonchev–Trinajstić information content (AvgIpc) is 2.28. The summed E-state index contributed by atoms with van der Waals surface area (Å²) in [6.07, 6.45) is 3.67. The molecular formula is C9H18N2O. The van der Waals surface area contributed by atoms with Gasteiger partial charge in [-0.05, 0) is 18.8 Å². The molecule has 3 nitrogen and oxygen atoms in total. The van der Waals surface area contributed by atoms with Gasteiger partial charge in [0.05, 0.1) is 0 Å². The summed E-state index contributed by atoms with van der Waals surface area (Å²) < 4.78 is 0. The van der Waals surface area contributed by atoms with Gasteiger partial charge in [0.25, 0.3) is 0 Å². The quantitative estimate of drug-likeness (QED) is 0.586. The van der Waals surface area contributed by atoms with Crippen LogP contribution in [0.3, 0.4) is 0 Å². The molecule has 1 unspecified atom stereocenters. The Morgan fingerprint density at radius 3 is 2.92 bits per heavy atom. The summed E-state index contributed by atoms with van der Waals surface area (Å²) >= 11 is 0. The minimum atomic E-state index is 0.0729. The van der Waals surface area contributed by atoms with Crippen molar-refractivity contribution in [3.05, 3.63) is 0 Å². The zero-order valence-corrected chi connectivity index (χ0v) is 7.97. The zero-order valence-electron chi connectivity index (χ0n) is 7.97. The molecule has 0 aromatic carbocycles. The van der Waals surface area contributed by atoms with Crippen LogP contribution in [-0.2, 0) is 0 Å². The lowest BCUT2D eigenvalue weighted by molar-refractivity contribution is 0.196. The number of carbonyl (C=O) groups excluding carboxylic acids is 1. The molecule has 1 N–H and O–H groups in total. The Morgan fingerprint density at radius 2 is 2.25 bits per heavy atom. The third kappa shape index (κ3) is 2.40. The number of likely N-dealkylation sites (tertiary alicyclic amines) is 1. The third-order valence-electron chi connectivity index (χ3n) is 2.41. The number of rotatable bonds is 0. The molecule has 1 heterocycles. The average molecular weight is 170 g/mol. The molecular weight excluding hydrogens is 152 g/mol. The summed E-state index contributed by atoms with van der Waals surface area (Å²) in [5.41, 5.74) is 0. The van der Waals surface area contributed by atoms with E-state index in [1.807, 2.05) is 4.90 Å². The standard InChI is InChI=1S/C9H18N2O/c1-8-5-3-4-6-11(7-8)9(12)10-2/h8H,3-7H2,1-2H3,(H,10,12). The van der Waals surface area contributed by atoms with Crippen molar-refractivity contribution in [2.24, 2.45) is 5.92 Å². The van der Waals surface area contributed by atoms with E-state index >= 15 is 0 Å². The fourth-order valence-corrected chi connectivity index (χ4v) is 1.70. The first-order chi connectivity index (χ1) is 5.74. The highest BCUT2D eigenvalue weighted by Gasteiger charge is 2.17. The Kier molecular flexibility index (Phi) is 3.38. The number of amides is 2. The lowest BCUT2D eigenvalue weighted by Crippen LogP contribution is -2.40. The number of nitrogens with one attached hydrogen (secondary N) is 1. The molecule has 12 heavy (non-hydrogen) atoms. The summed E-state index contributed by atoms with van der Waals surface area (Å²) in [6.45, 7) is 4.05. The maximum absolute atomic E-state index is 11.3. The van der Waals surface area contributed by atoms with E-state index in [0.717, 1.165) is 19.5 Å². The summed E-state index contributed by atoms with van der Waals surface area (Å²) in [5, 5.41) is 2.67. The second-order valence-electron chi connectivity index (χ2n) is 3.60. The van der Waals surface area contributed by atoms with Gasteiger partial charge in [0, 0.05) is 20.1 Å². The maximum atomic E-state index is 11.3. The Hall–Kier alpha value is -0.730. The van der Waals surface area contributed by atoms with Gasteiger partial charge in [-0.25, -0.2) is 4.79 Å². The van der Waals surface area contributed by atoms with Crippen molar-refractivity contribution >= 4 is 6.03 Å². The highest BCUT2D eigenvalue weighted by molar-refractivity contribution is 5.73. The van der Waals surface area contributed by atoms with Crippen LogP contribution in [0.4, 0.5) is 4.79 Å². The normalized spacial score (nSPS) is 24.8. The molecule has 0 aromatic heterocycles. The van der Waals surface area contributed by atoms with Gasteiger partial charge in [0.15, 0.2) is 0 Å². The van der Waals surface area contributed by atoms with Gasteiger partial charge in [-0.1, -0.05) is 13.3 Å². The number of urea groups is 1. The molecule has 1 aliphatic rings. The summed E-state index contributed by atoms with van der Waals surface area (Å²) in [6, 6.07) is 0.0729. The fourth-order valence-electron chi connectivity index (χ4n) is 1.70. The molecule has 70 valence electrons. The van der Waals surface area contributed by atoms with Crippen molar-refractivity contribution in [2.75, 3.05) is 20.1 Å². The minimum Gasteiger partial charge on any atom is -0.341 e. The molecule has 0 aromatic rings. The fraction of sp³-hybridized carbons (Fsp3) is 0.889. The van der Waals surface area contributed by atoms with Crippen molar-refractivity contribution < 1.29 is 4.79 Å². The molecule has 2 amide bonds. The Balaban J connectivity index is 2.46. The monoisotopic (exact) mass is 170 g/mol. The second-order valence-corrected chi connectivity index (χ2v) is 3.60. The smallest absolute Gasteiger partial charge is 0.317 e. The predicted molar refractivity (Wildman–Crippen MR) is 49.0 cm³/mol. The molecule has 1 atom stereocenters. The van der Waals surface area contributed by atoms with E-state index in [9.17, 15) is 4.79 Å². The molecule has 0 aliphatic carbocycles. The van der Waals surface area contributed by atoms with E-state index in [4.69, 9.17) is 0 Å². The van der Waals surface area contributed by atoms with Crippen LogP contribution in [0.5, 0.6) is 0 Å². The Bertz CT molecular complexity index is 159. The van der Waals surface area contributed by atoms with Crippen LogP contribution in [0.1, 0.15) is 26.2 Å². The molecule has 0 spiro atoms. The van der Waals surface area contributed by atoms with Gasteiger partial charge in [-0.2, -0.15) is 0 Å². The lowest BCUT2D eigenvalue weighted by Gasteiger charge is -2.21. The molecule has 3 heteroatoms. The van der Waals surface area contributed by atoms with E-state index in [2.05, 4.69) is 12.2 Å². The number of hydrogen-bond donors (Lipinski definition) is 1. The van der Waals surface area contributed by atoms with Crippen molar-refractivity contribution in [3.8, 4) is 0 Å². The van der Waals surface area contributed by atoms with Gasteiger partial charge in [-0.3, -0.25) is 0 Å². The summed E-state index contributed by atoms with van der Waals surface area (Å²) in [5.74, 6) is 0.657. The topological polar surface area (TPSA) is 32.3 Å². The van der Waals surface area contributed by atoms with E-state index in [0.29, 0.717) is 5.92 Å². The molecule has 0 bridgehead atoms. The van der Waals surface area contributed by atoms with Crippen LogP contribution in [0.2, 0.25) is 0 Å². The van der Waals surface area contributed by atoms with Crippen LogP contribution >= 0.6 is 0 Å². The molecule has 1 saturated heterocycles. The van der Waals surface area contributed by atoms with Crippen LogP contribution < -0.4 is 5.32 Å². The predicted octanol–water partition coefficient (Wildman–Crippen LogP) is 1.45. The Labute approximate surface area is 74.1 Å². The molecule has 0 saturated carbocycles. The zero-order chi connectivity index (χ0) is 8.97. The van der Waals surface area contributed by atoms with Gasteiger partial charge < -0.3 is 10.2 Å². The van der Waals surface area contributed by atoms with Crippen LogP contribution in [0.15, 0.2) is 0 Å². The van der Waals surface area contributed by atoms with E-state index in [-0.39, 0.29) is 6.03 Å². The molecule has 1 fully saturated rings. The van der Waals surface area contributed by atoms with E-state index in [1.165, 1.54) is 12.8 Å². The van der Waals surface area contributed by atoms with Crippen LogP contribution in [0, 0.1) is 5.92 Å². The van der Waals surface area contributed by atoms with Gasteiger partial charge in [0.1, 0.15) is 0 Å². The van der Waals surface area contributed by atoms with E-state index in [1.54, 1.807) is 7.05 Å². The number of carbonyl (C=O) groups is 1. The van der Waals surface area contributed by atoms with Crippen molar-refractivity contribution in [3.63, 3.8) is 0 Å². The van der Waals surface area contributed by atoms with Gasteiger partial charge in [-0.15, -0.1) is 0 Å². The highest BCUT2D eigenvalue weighted by Crippen LogP contribution is 2.15. The van der Waals surface area contributed by atoms with E-state index < -0.39 is 0 Å². The lowest BCUT2D eigenvalue weighted by atomic mass is 10.1. The number of hydrogen-bond acceptors (Lipinski definition) is 1. The Morgan fingerprint density at radius 1 is 1.50 bits per heavy atom. The minimum absolute atomic E-state index is 0.0729. The third-order valence-corrected chi connectivity index (χ3v) is 2.41. The first kappa shape index (κ1) is 9.36. The maximum Gasteiger partial charge on any atom is 0.317 e. The first-order valence-corrected chi connectivity index (χ1v) is 4.70. The van der Waals surface area contributed by atoms with Crippen molar-refractivity contribution in [2.45, 2.75) is 26.2 Å². The second kappa shape index (κ2) is 4.33. The van der Waals surface area contributed by atoms with Crippen LogP contribution in [0.25, 0.3) is 0 Å². The SMILES string of the molecule is CNC(=O)N1CCCCC(C)C1. The summed E-state index contributed by atoms with van der Waals surface area (Å²) in [4.78, 5) is 13.2. The molecule has 0 radical (unpaired) electrons. The van der Waals surface area contributed by atoms with Crippen molar-refractivity contribution in [1.82, 2.24) is 10.2 Å². The van der Waals surface area contributed by atoms with Gasteiger partial charge in [0.2, 0.25) is 0 Å². The molecule has 1 aliphatic heterocycles. The van der Waals surface area contributed by atoms with Gasteiger partial charge >= 0.3 is 6.03 Å².